The van der Waals surface area contributed by atoms with Crippen LogP contribution in [-0.4, -0.2) is 60.1 Å². The van der Waals surface area contributed by atoms with Gasteiger partial charge in [-0.25, -0.2) is 9.59 Å². The number of rotatable bonds is 3. The van der Waals surface area contributed by atoms with Gasteiger partial charge in [0.05, 0.1) is 10.6 Å². The molecule has 0 bridgehead atoms. The van der Waals surface area contributed by atoms with E-state index in [0.717, 1.165) is 0 Å². The van der Waals surface area contributed by atoms with Crippen LogP contribution < -0.4 is 4.90 Å². The predicted octanol–water partition coefficient (Wildman–Crippen LogP) is 2.91. The third kappa shape index (κ3) is 4.63. The van der Waals surface area contributed by atoms with E-state index < -0.39 is 11.6 Å². The van der Waals surface area contributed by atoms with E-state index in [0.29, 0.717) is 38.2 Å². The molecule has 0 aromatic heterocycles. The van der Waals surface area contributed by atoms with Crippen molar-refractivity contribution in [3.63, 3.8) is 0 Å². The Labute approximate surface area is 151 Å². The third-order valence-corrected chi connectivity index (χ3v) is 4.04. The maximum Gasteiger partial charge on any atom is 0.410 e. The Morgan fingerprint density at radius 2 is 1.80 bits per heavy atom. The molecule has 136 valence electrons. The summed E-state index contributed by atoms with van der Waals surface area (Å²) in [6, 6.07) is 3.03. The molecule has 7 nitrogen and oxygen atoms in total. The average molecular weight is 369 g/mol. The summed E-state index contributed by atoms with van der Waals surface area (Å²) in [5, 5.41) is 9.17. The lowest BCUT2D eigenvalue weighted by molar-refractivity contribution is 0.0240. The van der Waals surface area contributed by atoms with Crippen LogP contribution in [0.4, 0.5) is 10.5 Å². The minimum absolute atomic E-state index is 0.0154. The quantitative estimate of drug-likeness (QED) is 0.825. The SMILES string of the molecule is CC(C)(C)OC(=O)N1CCN(c2cc(Cl)c(C(=O)O)c(C=O)c2)CC1. The molecule has 1 saturated heterocycles. The summed E-state index contributed by atoms with van der Waals surface area (Å²) in [6.07, 6.45) is 0.121. The van der Waals surface area contributed by atoms with Gasteiger partial charge in [0, 0.05) is 37.4 Å². The van der Waals surface area contributed by atoms with Gasteiger partial charge in [-0.2, -0.15) is 0 Å². The Balaban J connectivity index is 2.11. The van der Waals surface area contributed by atoms with Crippen LogP contribution in [0, 0.1) is 0 Å². The van der Waals surface area contributed by atoms with Gasteiger partial charge in [-0.3, -0.25) is 4.79 Å². The molecular weight excluding hydrogens is 348 g/mol. The highest BCUT2D eigenvalue weighted by Gasteiger charge is 2.27. The van der Waals surface area contributed by atoms with Gasteiger partial charge in [0.2, 0.25) is 0 Å². The Kier molecular flexibility index (Phi) is 5.57. The summed E-state index contributed by atoms with van der Waals surface area (Å²) in [4.78, 5) is 38.0. The van der Waals surface area contributed by atoms with Crippen molar-refractivity contribution in [2.45, 2.75) is 26.4 Å². The largest absolute Gasteiger partial charge is 0.478 e. The van der Waals surface area contributed by atoms with Gasteiger partial charge in [0.15, 0.2) is 6.29 Å². The number of carbonyl (C=O) groups excluding carboxylic acids is 2. The Morgan fingerprint density at radius 1 is 1.20 bits per heavy atom. The number of carboxylic acid groups (broad SMARTS) is 1. The normalized spacial score (nSPS) is 15.0. The fourth-order valence-electron chi connectivity index (χ4n) is 2.59. The van der Waals surface area contributed by atoms with E-state index in [1.54, 1.807) is 4.90 Å². The molecule has 1 amide bonds. The lowest BCUT2D eigenvalue weighted by Gasteiger charge is -2.37. The van der Waals surface area contributed by atoms with Crippen molar-refractivity contribution in [2.75, 3.05) is 31.1 Å². The fraction of sp³-hybridized carbons (Fsp3) is 0.471. The van der Waals surface area contributed by atoms with Crippen LogP contribution in [0.3, 0.4) is 0 Å². The van der Waals surface area contributed by atoms with E-state index in [9.17, 15) is 14.4 Å². The molecule has 0 spiro atoms. The second-order valence-electron chi connectivity index (χ2n) is 6.77. The predicted molar refractivity (Wildman–Crippen MR) is 93.8 cm³/mol. The number of carboxylic acids is 1. The first-order valence-corrected chi connectivity index (χ1v) is 8.25. The molecule has 1 aromatic rings. The van der Waals surface area contributed by atoms with Crippen LogP contribution in [0.2, 0.25) is 5.02 Å². The minimum atomic E-state index is -1.24. The number of halogens is 1. The maximum absolute atomic E-state index is 12.1. The zero-order valence-corrected chi connectivity index (χ0v) is 15.2. The second kappa shape index (κ2) is 7.31. The molecule has 1 aliphatic heterocycles. The molecule has 0 atom stereocenters. The van der Waals surface area contributed by atoms with Crippen LogP contribution in [0.25, 0.3) is 0 Å². The number of hydrogen-bond donors (Lipinski definition) is 1. The van der Waals surface area contributed by atoms with E-state index in [4.69, 9.17) is 21.4 Å². The fourth-order valence-corrected chi connectivity index (χ4v) is 2.89. The summed E-state index contributed by atoms with van der Waals surface area (Å²) >= 11 is 6.03. The highest BCUT2D eigenvalue weighted by Crippen LogP contribution is 2.28. The summed E-state index contributed by atoms with van der Waals surface area (Å²) < 4.78 is 5.35. The van der Waals surface area contributed by atoms with Gasteiger partial charge in [0.25, 0.3) is 0 Å². The third-order valence-electron chi connectivity index (χ3n) is 3.74. The standard InChI is InChI=1S/C17H21ClN2O5/c1-17(2,3)25-16(24)20-6-4-19(5-7-20)12-8-11(10-21)14(15(22)23)13(18)9-12/h8-10H,4-7H2,1-3H3,(H,22,23). The zero-order chi connectivity index (χ0) is 18.8. The van der Waals surface area contributed by atoms with Crippen LogP contribution in [0.5, 0.6) is 0 Å². The van der Waals surface area contributed by atoms with E-state index in [1.807, 2.05) is 25.7 Å². The van der Waals surface area contributed by atoms with Crippen molar-refractivity contribution >= 4 is 35.6 Å². The molecule has 1 heterocycles. The number of hydrogen-bond acceptors (Lipinski definition) is 5. The number of amides is 1. The Morgan fingerprint density at radius 3 is 2.28 bits per heavy atom. The van der Waals surface area contributed by atoms with Crippen molar-refractivity contribution < 1.29 is 24.2 Å². The molecule has 0 aliphatic carbocycles. The van der Waals surface area contributed by atoms with E-state index in [-0.39, 0.29) is 22.2 Å². The first-order valence-electron chi connectivity index (χ1n) is 7.87. The molecular formula is C17H21ClN2O5. The average Bonchev–Trinajstić information content (AvgIpc) is 2.52. The highest BCUT2D eigenvalue weighted by atomic mass is 35.5. The zero-order valence-electron chi connectivity index (χ0n) is 14.4. The molecule has 2 rings (SSSR count). The smallest absolute Gasteiger partial charge is 0.410 e. The maximum atomic E-state index is 12.1. The summed E-state index contributed by atoms with van der Waals surface area (Å²) in [6.45, 7) is 7.42. The van der Waals surface area contributed by atoms with Crippen LogP contribution in [0.15, 0.2) is 12.1 Å². The molecule has 25 heavy (non-hydrogen) atoms. The molecule has 1 fully saturated rings. The van der Waals surface area contributed by atoms with Gasteiger partial charge in [0.1, 0.15) is 5.60 Å². The van der Waals surface area contributed by atoms with Crippen LogP contribution >= 0.6 is 11.6 Å². The lowest BCUT2D eigenvalue weighted by atomic mass is 10.1. The number of benzene rings is 1. The molecule has 0 unspecified atom stereocenters. The first kappa shape index (κ1) is 19.1. The van der Waals surface area contributed by atoms with Gasteiger partial charge in [-0.1, -0.05) is 11.6 Å². The van der Waals surface area contributed by atoms with Crippen molar-refractivity contribution in [3.05, 3.63) is 28.3 Å². The summed E-state index contributed by atoms with van der Waals surface area (Å²) in [5.74, 6) is -1.24. The van der Waals surface area contributed by atoms with Crippen molar-refractivity contribution in [2.24, 2.45) is 0 Å². The van der Waals surface area contributed by atoms with Crippen molar-refractivity contribution in [1.82, 2.24) is 4.90 Å². The monoisotopic (exact) mass is 368 g/mol. The lowest BCUT2D eigenvalue weighted by Crippen LogP contribution is -2.50. The minimum Gasteiger partial charge on any atom is -0.478 e. The molecule has 1 aromatic carbocycles. The second-order valence-corrected chi connectivity index (χ2v) is 7.18. The van der Waals surface area contributed by atoms with Crippen molar-refractivity contribution in [1.29, 1.82) is 0 Å². The Hall–Kier alpha value is -2.28. The Bertz CT molecular complexity index is 691. The molecule has 1 N–H and O–H groups in total. The number of carbonyl (C=O) groups is 3. The number of aromatic carboxylic acids is 1. The highest BCUT2D eigenvalue weighted by molar-refractivity contribution is 6.34. The first-order chi connectivity index (χ1) is 11.6. The number of aldehydes is 1. The van der Waals surface area contributed by atoms with E-state index in [1.165, 1.54) is 12.1 Å². The summed E-state index contributed by atoms with van der Waals surface area (Å²) in [5.41, 5.74) is -0.0638. The van der Waals surface area contributed by atoms with Gasteiger partial charge in [-0.05, 0) is 32.9 Å². The van der Waals surface area contributed by atoms with Crippen LogP contribution in [-0.2, 0) is 4.74 Å². The van der Waals surface area contributed by atoms with Crippen LogP contribution in [0.1, 0.15) is 41.5 Å². The van der Waals surface area contributed by atoms with E-state index in [2.05, 4.69) is 0 Å². The molecule has 8 heteroatoms. The number of nitrogens with zero attached hydrogens (tertiary/aromatic N) is 2. The number of ether oxygens (including phenoxy) is 1. The van der Waals surface area contributed by atoms with Gasteiger partial charge >= 0.3 is 12.1 Å². The molecule has 0 radical (unpaired) electrons. The van der Waals surface area contributed by atoms with Crippen molar-refractivity contribution in [3.8, 4) is 0 Å². The number of piperazine rings is 1. The molecule has 1 aliphatic rings. The van der Waals surface area contributed by atoms with E-state index >= 15 is 0 Å². The van der Waals surface area contributed by atoms with Gasteiger partial charge in [-0.15, -0.1) is 0 Å². The topological polar surface area (TPSA) is 87.2 Å². The summed E-state index contributed by atoms with van der Waals surface area (Å²) in [7, 11) is 0. The molecule has 0 saturated carbocycles. The van der Waals surface area contributed by atoms with Gasteiger partial charge < -0.3 is 19.6 Å². The number of anilines is 1.